The van der Waals surface area contributed by atoms with Crippen molar-refractivity contribution >= 4 is 49.8 Å². The molecular weight excluding hydrogens is 589 g/mol. The molecule has 0 aliphatic carbocycles. The van der Waals surface area contributed by atoms with Gasteiger partial charge < -0.3 is 9.32 Å². The predicted molar refractivity (Wildman–Crippen MR) is 195 cm³/mol. The van der Waals surface area contributed by atoms with Crippen LogP contribution in [0.15, 0.2) is 162 Å². The summed E-state index contributed by atoms with van der Waals surface area (Å²) in [4.78, 5) is 16.9. The van der Waals surface area contributed by atoms with Crippen LogP contribution in [0.1, 0.15) is 6.85 Å². The smallest absolute Gasteiger partial charge is 0.164 e. The van der Waals surface area contributed by atoms with Gasteiger partial charge in [0.2, 0.25) is 0 Å². The van der Waals surface area contributed by atoms with Crippen molar-refractivity contribution in [2.24, 2.45) is 0 Å². The van der Waals surface area contributed by atoms with E-state index in [0.29, 0.717) is 22.3 Å². The molecule has 10 rings (SSSR count). The quantitative estimate of drug-likeness (QED) is 0.196. The van der Waals surface area contributed by atoms with Gasteiger partial charge in [-0.1, -0.05) is 121 Å². The van der Waals surface area contributed by atoms with Crippen LogP contribution in [0.25, 0.3) is 78.0 Å². The number of fused-ring (bicyclic) bond motifs is 5. The van der Waals surface area contributed by atoms with E-state index in [9.17, 15) is 0 Å². The molecule has 0 atom stereocenters. The van der Waals surface area contributed by atoms with Crippen molar-refractivity contribution in [3.8, 4) is 45.3 Å². The van der Waals surface area contributed by atoms with Gasteiger partial charge in [0.25, 0.3) is 0 Å². The topological polar surface area (TPSA) is 55.1 Å². The molecule has 0 saturated heterocycles. The van der Waals surface area contributed by atoms with Crippen LogP contribution in [0.5, 0.6) is 0 Å². The van der Waals surface area contributed by atoms with Gasteiger partial charge in [0, 0.05) is 44.1 Å². The highest BCUT2D eigenvalue weighted by atomic mass is 16.3. The van der Waals surface area contributed by atoms with Crippen molar-refractivity contribution in [1.82, 2.24) is 15.0 Å². The Morgan fingerprint density at radius 3 is 2.08 bits per heavy atom. The number of hydrogen-bond acceptors (Lipinski definition) is 5. The minimum absolute atomic E-state index is 0.0285. The largest absolute Gasteiger partial charge is 0.456 e. The van der Waals surface area contributed by atoms with Gasteiger partial charge in [0.15, 0.2) is 17.5 Å². The maximum Gasteiger partial charge on any atom is 0.164 e. The molecule has 0 fully saturated rings. The molecule has 9 aromatic rings. The first kappa shape index (κ1) is 22.0. The van der Waals surface area contributed by atoms with Crippen LogP contribution < -0.4 is 4.90 Å². The molecule has 0 unspecified atom stereocenters. The summed E-state index contributed by atoms with van der Waals surface area (Å²) >= 11 is 0. The summed E-state index contributed by atoms with van der Waals surface area (Å²) < 4.78 is 48.8. The second-order valence-electron chi connectivity index (χ2n) is 11.7. The van der Waals surface area contributed by atoms with Crippen LogP contribution in [0.4, 0.5) is 17.1 Å². The number of benzene rings is 7. The Kier molecular flexibility index (Phi) is 4.81. The third-order valence-corrected chi connectivity index (χ3v) is 8.92. The van der Waals surface area contributed by atoms with E-state index in [2.05, 4.69) is 59.5 Å². The molecule has 1 aliphatic heterocycles. The predicted octanol–water partition coefficient (Wildman–Crippen LogP) is 11.4. The number of rotatable bonds is 4. The molecular formula is C43H26N4O. The van der Waals surface area contributed by atoms with Gasteiger partial charge in [-0.15, -0.1) is 0 Å². The number of anilines is 3. The summed E-state index contributed by atoms with van der Waals surface area (Å²) in [5.41, 5.74) is 7.83. The highest BCUT2D eigenvalue weighted by molar-refractivity contribution is 6.14. The van der Waals surface area contributed by atoms with Crippen LogP contribution in [0, 0.1) is 0 Å². The second-order valence-corrected chi connectivity index (χ2v) is 11.7. The van der Waals surface area contributed by atoms with E-state index >= 15 is 0 Å². The molecule has 48 heavy (non-hydrogen) atoms. The van der Waals surface area contributed by atoms with Gasteiger partial charge in [-0.05, 0) is 47.3 Å². The van der Waals surface area contributed by atoms with Crippen molar-refractivity contribution in [1.29, 1.82) is 0 Å². The van der Waals surface area contributed by atoms with Crippen molar-refractivity contribution in [2.75, 3.05) is 4.90 Å². The average Bonchev–Trinajstić information content (AvgIpc) is 3.59. The van der Waals surface area contributed by atoms with Crippen LogP contribution in [0.2, 0.25) is 0 Å². The Labute approximate surface area is 283 Å². The minimum Gasteiger partial charge on any atom is -0.456 e. The number of furan rings is 1. The first-order valence-electron chi connectivity index (χ1n) is 18.1. The normalized spacial score (nSPS) is 13.6. The van der Waals surface area contributed by atoms with E-state index in [4.69, 9.17) is 26.2 Å². The van der Waals surface area contributed by atoms with Gasteiger partial charge in [-0.3, -0.25) is 0 Å². The van der Waals surface area contributed by atoms with Gasteiger partial charge in [0.05, 0.1) is 18.2 Å². The van der Waals surface area contributed by atoms with E-state index < -0.39 is 30.2 Å². The minimum atomic E-state index is -0.487. The highest BCUT2D eigenvalue weighted by Crippen LogP contribution is 2.51. The first-order chi connectivity index (χ1) is 25.9. The molecule has 0 saturated carbocycles. The maximum atomic E-state index is 8.79. The summed E-state index contributed by atoms with van der Waals surface area (Å²) in [6.45, 7) is 0. The Morgan fingerprint density at radius 2 is 1.17 bits per heavy atom. The van der Waals surface area contributed by atoms with E-state index in [-0.39, 0.29) is 23.0 Å². The van der Waals surface area contributed by atoms with Gasteiger partial charge >= 0.3 is 0 Å². The second kappa shape index (κ2) is 10.5. The van der Waals surface area contributed by atoms with Crippen LogP contribution in [0.3, 0.4) is 0 Å². The monoisotopic (exact) mass is 619 g/mol. The molecule has 0 amide bonds. The van der Waals surface area contributed by atoms with Gasteiger partial charge in [-0.2, -0.15) is 0 Å². The summed E-state index contributed by atoms with van der Waals surface area (Å²) in [6, 6.07) is 40.1. The SMILES string of the molecule is [2H]c1c([2H])c([2H])c(-c2nc(-c3cccc(N4c5ccccc5-c5cccc6cccc4c56)c3)nc(-c3cccc4oc5ccccc5c34)n2)c([2H])c1[2H]. The van der Waals surface area contributed by atoms with E-state index in [0.717, 1.165) is 44.2 Å². The fourth-order valence-corrected chi connectivity index (χ4v) is 6.88. The number of nitrogens with zero attached hydrogens (tertiary/aromatic N) is 4. The number of aromatic nitrogens is 3. The van der Waals surface area contributed by atoms with Crippen LogP contribution in [-0.2, 0) is 0 Å². The molecule has 224 valence electrons. The Hall–Kier alpha value is -6.59. The van der Waals surface area contributed by atoms with Gasteiger partial charge in [-0.25, -0.2) is 15.0 Å². The summed E-state index contributed by atoms with van der Waals surface area (Å²) in [5, 5.41) is 3.98. The molecule has 5 heteroatoms. The van der Waals surface area contributed by atoms with Crippen molar-refractivity contribution in [3.63, 3.8) is 0 Å². The summed E-state index contributed by atoms with van der Waals surface area (Å²) in [6.07, 6.45) is 0. The van der Waals surface area contributed by atoms with Crippen LogP contribution >= 0.6 is 0 Å². The maximum absolute atomic E-state index is 8.79. The molecule has 7 aromatic carbocycles. The van der Waals surface area contributed by atoms with E-state index in [1.807, 2.05) is 72.8 Å². The average molecular weight is 620 g/mol. The van der Waals surface area contributed by atoms with Crippen LogP contribution in [-0.4, -0.2) is 15.0 Å². The lowest BCUT2D eigenvalue weighted by atomic mass is 9.91. The molecule has 0 bridgehead atoms. The summed E-state index contributed by atoms with van der Waals surface area (Å²) in [5.74, 6) is 0.535. The lowest BCUT2D eigenvalue weighted by Crippen LogP contribution is -2.15. The zero-order valence-electron chi connectivity index (χ0n) is 30.3. The zero-order chi connectivity index (χ0) is 36.0. The lowest BCUT2D eigenvalue weighted by Gasteiger charge is -2.33. The highest BCUT2D eigenvalue weighted by Gasteiger charge is 2.26. The lowest BCUT2D eigenvalue weighted by molar-refractivity contribution is 0.669. The van der Waals surface area contributed by atoms with Crippen molar-refractivity contribution < 1.29 is 11.3 Å². The molecule has 1 aliphatic rings. The Balaban J connectivity index is 1.22. The summed E-state index contributed by atoms with van der Waals surface area (Å²) in [7, 11) is 0. The molecule has 2 aromatic heterocycles. The molecule has 0 radical (unpaired) electrons. The molecule has 5 nitrogen and oxygen atoms in total. The Morgan fingerprint density at radius 1 is 0.500 bits per heavy atom. The third kappa shape index (κ3) is 4.08. The van der Waals surface area contributed by atoms with Crippen molar-refractivity contribution in [2.45, 2.75) is 0 Å². The molecule has 0 N–H and O–H groups in total. The zero-order valence-corrected chi connectivity index (χ0v) is 25.3. The van der Waals surface area contributed by atoms with E-state index in [1.165, 1.54) is 5.56 Å². The van der Waals surface area contributed by atoms with Gasteiger partial charge in [0.1, 0.15) is 11.2 Å². The standard InChI is InChI=1S/C43H26N4O/c1-2-12-28(13-3-1)41-44-42(46-43(45-41)34-21-11-25-38-40(34)33-19-5-7-24-37(33)48-38)29-16-8-17-30(26-29)47-35-22-6-4-18-31(35)32-20-9-14-27-15-10-23-36(47)39(27)32/h1-26H/i1D,2D,3D,12D,13D. The molecule has 0 spiro atoms. The number of hydrogen-bond donors (Lipinski definition) is 0. The van der Waals surface area contributed by atoms with Crippen molar-refractivity contribution in [3.05, 3.63) is 158 Å². The number of para-hydroxylation sites is 2. The third-order valence-electron chi connectivity index (χ3n) is 8.92. The Bertz CT molecular complexity index is 2960. The fraction of sp³-hybridized carbons (Fsp3) is 0. The van der Waals surface area contributed by atoms with E-state index in [1.54, 1.807) is 0 Å². The fourth-order valence-electron chi connectivity index (χ4n) is 6.88. The molecule has 3 heterocycles. The first-order valence-corrected chi connectivity index (χ1v) is 15.6.